The molecule has 0 aromatic carbocycles. The van der Waals surface area contributed by atoms with E-state index in [0.29, 0.717) is 31.6 Å². The van der Waals surface area contributed by atoms with E-state index < -0.39 is 12.0 Å². The minimum absolute atomic E-state index is 0.00325. The molecule has 27 heavy (non-hydrogen) atoms. The molecule has 3 aliphatic rings. The minimum Gasteiger partial charge on any atom is -0.480 e. The van der Waals surface area contributed by atoms with Gasteiger partial charge in [-0.15, -0.1) is 0 Å². The molecular weight excluding hydrogens is 346 g/mol. The van der Waals surface area contributed by atoms with Gasteiger partial charge in [-0.25, -0.2) is 4.79 Å². The molecule has 1 aromatic rings. The van der Waals surface area contributed by atoms with Crippen LogP contribution in [0.15, 0.2) is 18.3 Å². The zero-order valence-corrected chi connectivity index (χ0v) is 15.6. The van der Waals surface area contributed by atoms with Crippen molar-refractivity contribution in [1.29, 1.82) is 0 Å². The van der Waals surface area contributed by atoms with Crippen molar-refractivity contribution < 1.29 is 19.5 Å². The zero-order valence-electron chi connectivity index (χ0n) is 15.6. The summed E-state index contributed by atoms with van der Waals surface area (Å²) in [6.45, 7) is 3.56. The van der Waals surface area contributed by atoms with Gasteiger partial charge < -0.3 is 14.9 Å². The van der Waals surface area contributed by atoms with Crippen molar-refractivity contribution in [2.24, 2.45) is 11.3 Å². The Morgan fingerprint density at radius 2 is 1.89 bits per heavy atom. The Bertz CT molecular complexity index is 764. The van der Waals surface area contributed by atoms with Crippen LogP contribution in [0.5, 0.6) is 0 Å². The number of carbonyl (C=O) groups is 3. The first-order chi connectivity index (χ1) is 12.9. The van der Waals surface area contributed by atoms with Gasteiger partial charge in [-0.05, 0) is 56.6 Å². The Kier molecular flexibility index (Phi) is 4.40. The average molecular weight is 371 g/mol. The largest absolute Gasteiger partial charge is 0.480 e. The molecule has 3 fully saturated rings. The van der Waals surface area contributed by atoms with Crippen LogP contribution < -0.4 is 0 Å². The molecule has 144 valence electrons. The van der Waals surface area contributed by atoms with Crippen LogP contribution in [0.1, 0.15) is 48.2 Å². The van der Waals surface area contributed by atoms with Crippen molar-refractivity contribution in [1.82, 2.24) is 14.8 Å². The molecular formula is C20H25N3O4. The standard InChI is InChI=1S/C20H25N3O4/c1-13-2-3-15(11-21-13)17(24)22-8-6-20(7-9-22)10-16(19(26)27)23(12-20)18(25)14-4-5-14/h2-3,11,14,16H,4-10,12H2,1H3,(H,26,27)/t16-/m0/s1. The number of carbonyl (C=O) groups excluding carboxylic acids is 2. The number of pyridine rings is 1. The lowest BCUT2D eigenvalue weighted by Gasteiger charge is -2.39. The normalized spacial score (nSPS) is 24.3. The van der Waals surface area contributed by atoms with Crippen LogP contribution in [-0.2, 0) is 9.59 Å². The second-order valence-electron chi connectivity index (χ2n) is 8.28. The van der Waals surface area contributed by atoms with E-state index in [1.807, 2.05) is 17.9 Å². The van der Waals surface area contributed by atoms with Crippen LogP contribution in [0.3, 0.4) is 0 Å². The van der Waals surface area contributed by atoms with E-state index in [1.54, 1.807) is 17.2 Å². The summed E-state index contributed by atoms with van der Waals surface area (Å²) in [6, 6.07) is 2.90. The van der Waals surface area contributed by atoms with Gasteiger partial charge in [0.05, 0.1) is 5.56 Å². The van der Waals surface area contributed by atoms with E-state index in [4.69, 9.17) is 0 Å². The number of aliphatic carboxylic acids is 1. The van der Waals surface area contributed by atoms with Crippen LogP contribution in [0.4, 0.5) is 0 Å². The van der Waals surface area contributed by atoms with E-state index in [1.165, 1.54) is 0 Å². The third kappa shape index (κ3) is 3.42. The fourth-order valence-corrected chi connectivity index (χ4v) is 4.40. The molecule has 0 bridgehead atoms. The van der Waals surface area contributed by atoms with Crippen molar-refractivity contribution in [3.63, 3.8) is 0 Å². The molecule has 2 amide bonds. The number of likely N-dealkylation sites (tertiary alicyclic amines) is 2. The fourth-order valence-electron chi connectivity index (χ4n) is 4.40. The maximum atomic E-state index is 12.7. The third-order valence-corrected chi connectivity index (χ3v) is 6.27. The van der Waals surface area contributed by atoms with Crippen molar-refractivity contribution in [3.8, 4) is 0 Å². The number of aromatic nitrogens is 1. The molecule has 1 aromatic heterocycles. The molecule has 4 rings (SSSR count). The van der Waals surface area contributed by atoms with E-state index >= 15 is 0 Å². The summed E-state index contributed by atoms with van der Waals surface area (Å²) in [5.41, 5.74) is 1.27. The topological polar surface area (TPSA) is 90.8 Å². The Morgan fingerprint density at radius 1 is 1.19 bits per heavy atom. The van der Waals surface area contributed by atoms with Gasteiger partial charge >= 0.3 is 5.97 Å². The molecule has 0 radical (unpaired) electrons. The van der Waals surface area contributed by atoms with E-state index in [0.717, 1.165) is 31.4 Å². The molecule has 2 saturated heterocycles. The zero-order chi connectivity index (χ0) is 19.2. The number of hydrogen-bond donors (Lipinski definition) is 1. The van der Waals surface area contributed by atoms with Crippen LogP contribution in [0.2, 0.25) is 0 Å². The Hall–Kier alpha value is -2.44. The summed E-state index contributed by atoms with van der Waals surface area (Å²) in [7, 11) is 0. The molecule has 1 atom stereocenters. The summed E-state index contributed by atoms with van der Waals surface area (Å²) in [4.78, 5) is 44.5. The highest BCUT2D eigenvalue weighted by atomic mass is 16.4. The van der Waals surface area contributed by atoms with Gasteiger partial charge in [-0.2, -0.15) is 0 Å². The fraction of sp³-hybridized carbons (Fsp3) is 0.600. The third-order valence-electron chi connectivity index (χ3n) is 6.27. The molecule has 7 heteroatoms. The molecule has 1 N–H and O–H groups in total. The number of amides is 2. The van der Waals surface area contributed by atoms with Gasteiger partial charge in [0, 0.05) is 37.4 Å². The first kappa shape index (κ1) is 17.9. The molecule has 1 saturated carbocycles. The summed E-state index contributed by atoms with van der Waals surface area (Å²) in [5, 5.41) is 9.59. The quantitative estimate of drug-likeness (QED) is 0.873. The second kappa shape index (κ2) is 6.62. The van der Waals surface area contributed by atoms with Gasteiger partial charge in [0.1, 0.15) is 6.04 Å². The summed E-state index contributed by atoms with van der Waals surface area (Å²) in [5.74, 6) is -0.914. The minimum atomic E-state index is -0.912. The van der Waals surface area contributed by atoms with E-state index in [9.17, 15) is 19.5 Å². The van der Waals surface area contributed by atoms with Gasteiger partial charge in [0.15, 0.2) is 0 Å². The van der Waals surface area contributed by atoms with Crippen LogP contribution >= 0.6 is 0 Å². The number of nitrogens with zero attached hydrogens (tertiary/aromatic N) is 3. The van der Waals surface area contributed by atoms with E-state index in [-0.39, 0.29) is 23.1 Å². The number of aryl methyl sites for hydroxylation is 1. The van der Waals surface area contributed by atoms with Crippen molar-refractivity contribution >= 4 is 17.8 Å². The first-order valence-electron chi connectivity index (χ1n) is 9.64. The lowest BCUT2D eigenvalue weighted by Crippen LogP contribution is -2.45. The van der Waals surface area contributed by atoms with Crippen molar-refractivity contribution in [2.75, 3.05) is 19.6 Å². The van der Waals surface area contributed by atoms with Gasteiger partial charge in [0.25, 0.3) is 5.91 Å². The summed E-state index contributed by atoms with van der Waals surface area (Å²) >= 11 is 0. The second-order valence-corrected chi connectivity index (χ2v) is 8.28. The highest BCUT2D eigenvalue weighted by Gasteiger charge is 2.52. The number of carboxylic acid groups (broad SMARTS) is 1. The molecule has 1 aliphatic carbocycles. The number of hydrogen-bond acceptors (Lipinski definition) is 4. The number of carboxylic acids is 1. The molecule has 3 heterocycles. The van der Waals surface area contributed by atoms with Crippen LogP contribution in [0, 0.1) is 18.3 Å². The van der Waals surface area contributed by atoms with Gasteiger partial charge in [-0.1, -0.05) is 0 Å². The molecule has 0 unspecified atom stereocenters. The van der Waals surface area contributed by atoms with E-state index in [2.05, 4.69) is 4.98 Å². The maximum Gasteiger partial charge on any atom is 0.326 e. The van der Waals surface area contributed by atoms with Crippen LogP contribution in [-0.4, -0.2) is 63.4 Å². The Morgan fingerprint density at radius 3 is 2.44 bits per heavy atom. The predicted molar refractivity (Wildman–Crippen MR) is 97.0 cm³/mol. The smallest absolute Gasteiger partial charge is 0.326 e. The maximum absolute atomic E-state index is 12.7. The monoisotopic (exact) mass is 371 g/mol. The first-order valence-corrected chi connectivity index (χ1v) is 9.64. The number of piperidine rings is 1. The molecule has 7 nitrogen and oxygen atoms in total. The average Bonchev–Trinajstić information content (AvgIpc) is 3.44. The van der Waals surface area contributed by atoms with Gasteiger partial charge in [-0.3, -0.25) is 14.6 Å². The van der Waals surface area contributed by atoms with Crippen LogP contribution in [0.25, 0.3) is 0 Å². The van der Waals surface area contributed by atoms with Gasteiger partial charge in [0.2, 0.25) is 5.91 Å². The van der Waals surface area contributed by atoms with Crippen molar-refractivity contribution in [2.45, 2.75) is 45.1 Å². The SMILES string of the molecule is Cc1ccc(C(=O)N2CCC3(CC2)C[C@@H](C(=O)O)N(C(=O)C2CC2)C3)cn1. The summed E-state index contributed by atoms with van der Waals surface area (Å²) < 4.78 is 0. The predicted octanol–water partition coefficient (Wildman–Crippen LogP) is 1.71. The highest BCUT2D eigenvalue weighted by Crippen LogP contribution is 2.45. The lowest BCUT2D eigenvalue weighted by molar-refractivity contribution is -0.148. The lowest BCUT2D eigenvalue weighted by atomic mass is 9.76. The molecule has 1 spiro atoms. The highest BCUT2D eigenvalue weighted by molar-refractivity contribution is 5.94. The number of rotatable bonds is 3. The Balaban J connectivity index is 1.43. The molecule has 2 aliphatic heterocycles. The van der Waals surface area contributed by atoms with Crippen molar-refractivity contribution in [3.05, 3.63) is 29.6 Å². The Labute approximate surface area is 158 Å². The summed E-state index contributed by atoms with van der Waals surface area (Å²) in [6.07, 6.45) is 5.32.